The number of carbonyl (C=O) groups is 1. The van der Waals surface area contributed by atoms with Crippen LogP contribution in [0.3, 0.4) is 0 Å². The summed E-state index contributed by atoms with van der Waals surface area (Å²) in [4.78, 5) is 13.2. The summed E-state index contributed by atoms with van der Waals surface area (Å²) in [5.41, 5.74) is -1.27. The van der Waals surface area contributed by atoms with Crippen LogP contribution in [-0.4, -0.2) is 39.4 Å². The summed E-state index contributed by atoms with van der Waals surface area (Å²) >= 11 is 0. The first-order chi connectivity index (χ1) is 11.1. The van der Waals surface area contributed by atoms with Crippen molar-refractivity contribution < 1.29 is 20.1 Å². The number of fused-ring (bicyclic) bond motifs is 3. The van der Waals surface area contributed by atoms with Crippen LogP contribution >= 0.6 is 0 Å². The first-order valence-corrected chi connectivity index (χ1v) is 9.65. The van der Waals surface area contributed by atoms with Crippen molar-refractivity contribution in [3.05, 3.63) is 0 Å². The lowest BCUT2D eigenvalue weighted by atomic mass is 9.39. The van der Waals surface area contributed by atoms with Gasteiger partial charge in [-0.15, -0.1) is 0 Å². The Morgan fingerprint density at radius 1 is 1.00 bits per heavy atom. The molecule has 4 aliphatic rings. The minimum atomic E-state index is -0.999. The van der Waals surface area contributed by atoms with Crippen molar-refractivity contribution in [1.29, 1.82) is 0 Å². The van der Waals surface area contributed by atoms with E-state index >= 15 is 0 Å². The predicted octanol–water partition coefficient (Wildman–Crippen LogP) is 2.15. The van der Waals surface area contributed by atoms with Crippen molar-refractivity contribution in [2.24, 2.45) is 39.9 Å². The van der Waals surface area contributed by atoms with Crippen LogP contribution in [0.1, 0.15) is 59.8 Å². The summed E-state index contributed by atoms with van der Waals surface area (Å²) in [7, 11) is 0. The smallest absolute Gasteiger partial charge is 0.147 e. The average molecular weight is 336 g/mol. The number of ketones is 1. The van der Waals surface area contributed by atoms with Crippen molar-refractivity contribution in [2.45, 2.75) is 78.1 Å². The molecule has 4 rings (SSSR count). The first kappa shape index (κ1) is 17.0. The second-order valence-electron chi connectivity index (χ2n) is 10.2. The minimum Gasteiger partial charge on any atom is -0.393 e. The molecule has 1 spiro atoms. The molecule has 4 aliphatic carbocycles. The molecule has 24 heavy (non-hydrogen) atoms. The molecule has 3 N–H and O–H groups in total. The van der Waals surface area contributed by atoms with Gasteiger partial charge in [0.1, 0.15) is 5.78 Å². The van der Waals surface area contributed by atoms with E-state index < -0.39 is 17.6 Å². The molecule has 9 atom stereocenters. The van der Waals surface area contributed by atoms with Crippen molar-refractivity contribution in [1.82, 2.24) is 0 Å². The normalized spacial score (nSPS) is 59.0. The van der Waals surface area contributed by atoms with Crippen molar-refractivity contribution in [2.75, 3.05) is 0 Å². The monoisotopic (exact) mass is 336 g/mol. The molecule has 2 bridgehead atoms. The maximum absolute atomic E-state index is 13.2. The Hall–Kier alpha value is -0.450. The maximum atomic E-state index is 13.2. The first-order valence-electron chi connectivity index (χ1n) is 9.65. The highest BCUT2D eigenvalue weighted by molar-refractivity contribution is 5.92. The molecule has 136 valence electrons. The molecule has 4 saturated carbocycles. The third-order valence-electron chi connectivity index (χ3n) is 8.73. The lowest BCUT2D eigenvalue weighted by molar-refractivity contribution is -0.236. The van der Waals surface area contributed by atoms with E-state index in [9.17, 15) is 20.1 Å². The van der Waals surface area contributed by atoms with Gasteiger partial charge in [-0.2, -0.15) is 0 Å². The highest BCUT2D eigenvalue weighted by Crippen LogP contribution is 2.71. The predicted molar refractivity (Wildman–Crippen MR) is 90.1 cm³/mol. The zero-order chi connectivity index (χ0) is 17.7. The standard InChI is InChI=1S/C20H32O4/c1-10-12-5-6-13-19(4)9-11(21)8-18(2,3)14(19)7-15(22)20(13,16(10)23)17(12)24/h10-15,17,21-22,24H,5-9H2,1-4H3/t10-,11-,12+,13+,14-,15-,17-,19+,20?/m1/s1. The van der Waals surface area contributed by atoms with Gasteiger partial charge in [-0.3, -0.25) is 4.79 Å². The largest absolute Gasteiger partial charge is 0.393 e. The SMILES string of the molecule is C[C@H]1C(=O)C23[C@H](O)C[C@@H]4C(C)(C)C[C@@H](O)C[C@@]4(C)[C@@H]2CC[C@@H]1[C@H]3O. The van der Waals surface area contributed by atoms with E-state index in [4.69, 9.17) is 0 Å². The lowest BCUT2D eigenvalue weighted by Gasteiger charge is -2.65. The second kappa shape index (κ2) is 4.83. The van der Waals surface area contributed by atoms with E-state index in [2.05, 4.69) is 20.8 Å². The fourth-order valence-corrected chi connectivity index (χ4v) is 7.97. The molecular formula is C20H32O4. The van der Waals surface area contributed by atoms with E-state index in [1.54, 1.807) is 0 Å². The van der Waals surface area contributed by atoms with Crippen molar-refractivity contribution in [3.8, 4) is 0 Å². The van der Waals surface area contributed by atoms with Crippen molar-refractivity contribution >= 4 is 5.78 Å². The molecule has 0 heterocycles. The summed E-state index contributed by atoms with van der Waals surface area (Å²) in [6, 6.07) is 0. The van der Waals surface area contributed by atoms with Crippen LogP contribution in [0.2, 0.25) is 0 Å². The van der Waals surface area contributed by atoms with Crippen LogP contribution in [0.25, 0.3) is 0 Å². The number of Topliss-reactive ketones (excluding diaryl/α,β-unsaturated/α-hetero) is 1. The van der Waals surface area contributed by atoms with Gasteiger partial charge in [-0.1, -0.05) is 27.7 Å². The van der Waals surface area contributed by atoms with Crippen molar-refractivity contribution in [3.63, 3.8) is 0 Å². The number of aliphatic hydroxyl groups excluding tert-OH is 3. The van der Waals surface area contributed by atoms with Crippen LogP contribution in [0.5, 0.6) is 0 Å². The van der Waals surface area contributed by atoms with Gasteiger partial charge in [0.25, 0.3) is 0 Å². The van der Waals surface area contributed by atoms with Crippen LogP contribution in [-0.2, 0) is 4.79 Å². The Bertz CT molecular complexity index is 572. The number of hydrogen-bond acceptors (Lipinski definition) is 4. The quantitative estimate of drug-likeness (QED) is 0.633. The van der Waals surface area contributed by atoms with E-state index in [1.807, 2.05) is 6.92 Å². The van der Waals surface area contributed by atoms with Crippen LogP contribution < -0.4 is 0 Å². The Kier molecular flexibility index (Phi) is 3.42. The fourth-order valence-electron chi connectivity index (χ4n) is 7.97. The average Bonchev–Trinajstić information content (AvgIpc) is 2.58. The van der Waals surface area contributed by atoms with Crippen LogP contribution in [0.15, 0.2) is 0 Å². The third-order valence-corrected chi connectivity index (χ3v) is 8.73. The van der Waals surface area contributed by atoms with Gasteiger partial charge >= 0.3 is 0 Å². The topological polar surface area (TPSA) is 77.8 Å². The molecular weight excluding hydrogens is 304 g/mol. The molecule has 0 radical (unpaired) electrons. The Balaban J connectivity index is 1.87. The third kappa shape index (κ3) is 1.73. The second-order valence-corrected chi connectivity index (χ2v) is 10.2. The number of aliphatic hydroxyl groups is 3. The minimum absolute atomic E-state index is 0.00919. The summed E-state index contributed by atoms with van der Waals surface area (Å²) in [5.74, 6) is 0.141. The molecule has 1 unspecified atom stereocenters. The Morgan fingerprint density at radius 3 is 2.33 bits per heavy atom. The Morgan fingerprint density at radius 2 is 1.67 bits per heavy atom. The molecule has 0 aromatic rings. The summed E-state index contributed by atoms with van der Waals surface area (Å²) in [6.45, 7) is 8.51. The summed E-state index contributed by atoms with van der Waals surface area (Å²) < 4.78 is 0. The van der Waals surface area contributed by atoms with Gasteiger partial charge in [0.05, 0.1) is 23.7 Å². The number of rotatable bonds is 0. The molecule has 0 aliphatic heterocycles. The lowest BCUT2D eigenvalue weighted by Crippen LogP contribution is -2.68. The van der Waals surface area contributed by atoms with E-state index in [-0.39, 0.29) is 46.4 Å². The van der Waals surface area contributed by atoms with Crippen LogP contribution in [0.4, 0.5) is 0 Å². The Labute approximate surface area is 144 Å². The molecule has 4 heteroatoms. The number of carbonyl (C=O) groups excluding carboxylic acids is 1. The zero-order valence-corrected chi connectivity index (χ0v) is 15.3. The number of hydrogen-bond donors (Lipinski definition) is 3. The van der Waals surface area contributed by atoms with E-state index in [0.29, 0.717) is 12.8 Å². The van der Waals surface area contributed by atoms with E-state index in [0.717, 1.165) is 19.3 Å². The molecule has 4 fully saturated rings. The molecule has 0 aromatic heterocycles. The summed E-state index contributed by atoms with van der Waals surface area (Å²) in [5, 5.41) is 32.8. The molecule has 0 amide bonds. The van der Waals surface area contributed by atoms with Crippen LogP contribution in [0, 0.1) is 39.9 Å². The molecule has 0 aromatic carbocycles. The van der Waals surface area contributed by atoms with Gasteiger partial charge in [0.2, 0.25) is 0 Å². The van der Waals surface area contributed by atoms with E-state index in [1.165, 1.54) is 0 Å². The van der Waals surface area contributed by atoms with Gasteiger partial charge < -0.3 is 15.3 Å². The maximum Gasteiger partial charge on any atom is 0.147 e. The van der Waals surface area contributed by atoms with Gasteiger partial charge in [-0.05, 0) is 60.7 Å². The van der Waals surface area contributed by atoms with Gasteiger partial charge in [-0.25, -0.2) is 0 Å². The fraction of sp³-hybridized carbons (Fsp3) is 0.950. The summed E-state index contributed by atoms with van der Waals surface area (Å²) in [6.07, 6.45) is 1.87. The highest BCUT2D eigenvalue weighted by atomic mass is 16.3. The van der Waals surface area contributed by atoms with Gasteiger partial charge in [0.15, 0.2) is 0 Å². The molecule has 4 nitrogen and oxygen atoms in total. The zero-order valence-electron chi connectivity index (χ0n) is 15.3. The van der Waals surface area contributed by atoms with Gasteiger partial charge in [0, 0.05) is 5.92 Å². The molecule has 0 saturated heterocycles. The highest BCUT2D eigenvalue weighted by Gasteiger charge is 2.74.